The first-order chi connectivity index (χ1) is 15.9. The molecule has 1 aliphatic carbocycles. The van der Waals surface area contributed by atoms with Crippen LogP contribution < -0.4 is 9.64 Å². The third-order valence-electron chi connectivity index (χ3n) is 6.76. The summed E-state index contributed by atoms with van der Waals surface area (Å²) in [5, 5.41) is 8.92. The molecule has 0 spiro atoms. The van der Waals surface area contributed by atoms with Crippen LogP contribution in [0, 0.1) is 11.3 Å². The van der Waals surface area contributed by atoms with Gasteiger partial charge in [0.15, 0.2) is 0 Å². The second-order valence-corrected chi connectivity index (χ2v) is 10.2. The molecule has 34 heavy (non-hydrogen) atoms. The number of rotatable bonds is 7. The molecule has 2 aromatic carbocycles. The number of aliphatic carboxylic acids is 1. The first kappa shape index (κ1) is 25.9. The molecule has 1 saturated carbocycles. The highest BCUT2D eigenvalue weighted by Crippen LogP contribution is 2.45. The van der Waals surface area contributed by atoms with Gasteiger partial charge in [-0.3, -0.25) is 4.79 Å². The Labute approximate surface area is 199 Å². The van der Waals surface area contributed by atoms with Gasteiger partial charge in [0.2, 0.25) is 0 Å². The van der Waals surface area contributed by atoms with Gasteiger partial charge >= 0.3 is 12.1 Å². The van der Waals surface area contributed by atoms with Crippen LogP contribution in [0.25, 0.3) is 11.1 Å². The zero-order valence-electron chi connectivity index (χ0n) is 20.3. The summed E-state index contributed by atoms with van der Waals surface area (Å²) in [5.41, 5.74) is 0.540. The highest BCUT2D eigenvalue weighted by molar-refractivity contribution is 5.74. The van der Waals surface area contributed by atoms with Gasteiger partial charge in [-0.05, 0) is 66.3 Å². The topological polar surface area (TPSA) is 49.8 Å². The number of halogens is 3. The lowest BCUT2D eigenvalue weighted by atomic mass is 9.72. The number of carboxylic acids is 1. The Kier molecular flexibility index (Phi) is 7.84. The molecule has 3 rings (SSSR count). The van der Waals surface area contributed by atoms with E-state index in [1.807, 2.05) is 0 Å². The normalized spacial score (nSPS) is 19.0. The number of carbonyl (C=O) groups is 1. The van der Waals surface area contributed by atoms with E-state index in [1.54, 1.807) is 42.3 Å². The molecule has 1 N–H and O–H groups in total. The molecular weight excluding hydrogens is 443 g/mol. The lowest BCUT2D eigenvalue weighted by Crippen LogP contribution is -2.31. The fraction of sp³-hybridized carbons (Fsp3) is 0.519. The van der Waals surface area contributed by atoms with Crippen LogP contribution in [0.1, 0.15) is 58.4 Å². The predicted octanol–water partition coefficient (Wildman–Crippen LogP) is 7.27. The van der Waals surface area contributed by atoms with Crippen LogP contribution in [0.2, 0.25) is 0 Å². The van der Waals surface area contributed by atoms with E-state index in [1.165, 1.54) is 12.1 Å². The minimum atomic E-state index is -4.58. The van der Waals surface area contributed by atoms with Gasteiger partial charge in [-0.15, -0.1) is 0 Å². The molecule has 0 radical (unpaired) electrons. The Morgan fingerprint density at radius 2 is 1.71 bits per heavy atom. The summed E-state index contributed by atoms with van der Waals surface area (Å²) < 4.78 is 48.8. The number of hydrogen-bond acceptors (Lipinski definition) is 3. The molecule has 0 aromatic heterocycles. The van der Waals surface area contributed by atoms with Crippen LogP contribution in [-0.2, 0) is 11.0 Å². The molecular formula is C27H34F3NO3. The van der Waals surface area contributed by atoms with E-state index >= 15 is 0 Å². The van der Waals surface area contributed by atoms with E-state index in [9.17, 15) is 18.0 Å². The van der Waals surface area contributed by atoms with Crippen molar-refractivity contribution in [2.24, 2.45) is 11.3 Å². The standard InChI is InChI=1S/C27H34F3NO3/c1-26(2,3)19-11-13-21(14-12-19)34-23-10-6-9-22(25(23)27(28,29)30)18-7-5-8-20(17-18)31(4)16-15-24(32)33/h5-10,17,19,21H,11-16H2,1-4H3,(H,32,33)/t19-,21-. The van der Waals surface area contributed by atoms with Gasteiger partial charge < -0.3 is 14.7 Å². The Balaban J connectivity index is 1.88. The summed E-state index contributed by atoms with van der Waals surface area (Å²) in [4.78, 5) is 12.6. The van der Waals surface area contributed by atoms with Crippen molar-refractivity contribution in [2.45, 2.75) is 65.2 Å². The van der Waals surface area contributed by atoms with Gasteiger partial charge in [0.05, 0.1) is 12.5 Å². The van der Waals surface area contributed by atoms with Gasteiger partial charge in [-0.2, -0.15) is 13.2 Å². The van der Waals surface area contributed by atoms with E-state index in [0.29, 0.717) is 17.2 Å². The lowest BCUT2D eigenvalue weighted by molar-refractivity contribution is -0.139. The quantitative estimate of drug-likeness (QED) is 0.456. The van der Waals surface area contributed by atoms with E-state index in [0.717, 1.165) is 25.7 Å². The summed E-state index contributed by atoms with van der Waals surface area (Å²) in [6.45, 7) is 6.87. The van der Waals surface area contributed by atoms with E-state index in [2.05, 4.69) is 20.8 Å². The largest absolute Gasteiger partial charge is 0.490 e. The number of alkyl halides is 3. The summed E-state index contributed by atoms with van der Waals surface area (Å²) in [6, 6.07) is 11.2. The van der Waals surface area contributed by atoms with Gasteiger partial charge in [-0.1, -0.05) is 45.0 Å². The van der Waals surface area contributed by atoms with Crippen LogP contribution in [0.15, 0.2) is 42.5 Å². The number of hydrogen-bond donors (Lipinski definition) is 1. The fourth-order valence-corrected chi connectivity index (χ4v) is 4.69. The molecule has 0 amide bonds. The average Bonchev–Trinajstić information content (AvgIpc) is 2.76. The second kappa shape index (κ2) is 10.3. The molecule has 2 aromatic rings. The maximum atomic E-state index is 14.3. The minimum Gasteiger partial charge on any atom is -0.490 e. The zero-order valence-corrected chi connectivity index (χ0v) is 20.3. The van der Waals surface area contributed by atoms with Crippen LogP contribution >= 0.6 is 0 Å². The van der Waals surface area contributed by atoms with Gasteiger partial charge in [0.1, 0.15) is 11.3 Å². The number of benzene rings is 2. The molecule has 186 valence electrons. The fourth-order valence-electron chi connectivity index (χ4n) is 4.69. The number of nitrogens with zero attached hydrogens (tertiary/aromatic N) is 1. The predicted molar refractivity (Wildman–Crippen MR) is 128 cm³/mol. The van der Waals surface area contributed by atoms with Gasteiger partial charge in [-0.25, -0.2) is 0 Å². The number of anilines is 1. The summed E-state index contributed by atoms with van der Waals surface area (Å²) in [7, 11) is 1.72. The Bertz CT molecular complexity index is 989. The molecule has 0 heterocycles. The molecule has 4 nitrogen and oxygen atoms in total. The Morgan fingerprint density at radius 1 is 1.06 bits per heavy atom. The first-order valence-corrected chi connectivity index (χ1v) is 11.8. The van der Waals surface area contributed by atoms with Crippen LogP contribution in [-0.4, -0.2) is 30.8 Å². The Hall–Kier alpha value is -2.70. The van der Waals surface area contributed by atoms with Crippen molar-refractivity contribution < 1.29 is 27.8 Å². The maximum absolute atomic E-state index is 14.3. The highest BCUT2D eigenvalue weighted by Gasteiger charge is 2.39. The number of ether oxygens (including phenoxy) is 1. The molecule has 7 heteroatoms. The molecule has 0 unspecified atom stereocenters. The summed E-state index contributed by atoms with van der Waals surface area (Å²) in [5.74, 6) is -0.515. The van der Waals surface area contributed by atoms with Crippen molar-refractivity contribution in [3.8, 4) is 16.9 Å². The van der Waals surface area contributed by atoms with Crippen molar-refractivity contribution in [1.82, 2.24) is 0 Å². The molecule has 1 fully saturated rings. The van der Waals surface area contributed by atoms with Crippen molar-refractivity contribution in [3.63, 3.8) is 0 Å². The zero-order chi connectivity index (χ0) is 25.1. The molecule has 1 aliphatic rings. The van der Waals surface area contributed by atoms with Crippen molar-refractivity contribution in [2.75, 3.05) is 18.5 Å². The molecule has 0 bridgehead atoms. The third kappa shape index (κ3) is 6.45. The van der Waals surface area contributed by atoms with Crippen molar-refractivity contribution in [3.05, 3.63) is 48.0 Å². The number of carboxylic acid groups (broad SMARTS) is 1. The highest BCUT2D eigenvalue weighted by atomic mass is 19.4. The summed E-state index contributed by atoms with van der Waals surface area (Å²) >= 11 is 0. The van der Waals surface area contributed by atoms with Crippen LogP contribution in [0.4, 0.5) is 18.9 Å². The van der Waals surface area contributed by atoms with Crippen molar-refractivity contribution in [1.29, 1.82) is 0 Å². The molecule has 0 saturated heterocycles. The lowest BCUT2D eigenvalue weighted by Gasteiger charge is -2.37. The Morgan fingerprint density at radius 3 is 2.29 bits per heavy atom. The van der Waals surface area contributed by atoms with Crippen LogP contribution in [0.5, 0.6) is 5.75 Å². The maximum Gasteiger partial charge on any atom is 0.420 e. The summed E-state index contributed by atoms with van der Waals surface area (Å²) in [6.07, 6.45) is -1.50. The van der Waals surface area contributed by atoms with E-state index in [4.69, 9.17) is 9.84 Å². The van der Waals surface area contributed by atoms with Crippen molar-refractivity contribution >= 4 is 11.7 Å². The average molecular weight is 478 g/mol. The molecule has 0 atom stereocenters. The van der Waals surface area contributed by atoms with Crippen LogP contribution in [0.3, 0.4) is 0 Å². The molecule has 0 aliphatic heterocycles. The van der Waals surface area contributed by atoms with E-state index < -0.39 is 17.7 Å². The smallest absolute Gasteiger partial charge is 0.420 e. The van der Waals surface area contributed by atoms with Gasteiger partial charge in [0, 0.05) is 19.3 Å². The van der Waals surface area contributed by atoms with E-state index in [-0.39, 0.29) is 35.8 Å². The SMILES string of the molecule is CN(CCC(=O)O)c1cccc(-c2cccc(O[C@H]3CC[C@H](C(C)(C)C)CC3)c2C(F)(F)F)c1. The third-order valence-corrected chi connectivity index (χ3v) is 6.76. The monoisotopic (exact) mass is 477 g/mol. The second-order valence-electron chi connectivity index (χ2n) is 10.2. The minimum absolute atomic E-state index is 0.0573. The van der Waals surface area contributed by atoms with Gasteiger partial charge in [0.25, 0.3) is 0 Å². The first-order valence-electron chi connectivity index (χ1n) is 11.8.